The highest BCUT2D eigenvalue weighted by atomic mass is 32.2. The molecule has 0 amide bonds. The van der Waals surface area contributed by atoms with Crippen LogP contribution in [0, 0.1) is 0 Å². The first-order valence-corrected chi connectivity index (χ1v) is 11.3. The number of hydrogen-bond acceptors (Lipinski definition) is 6. The Labute approximate surface area is 171 Å². The van der Waals surface area contributed by atoms with Gasteiger partial charge in [0.15, 0.2) is 11.5 Å². The quantitative estimate of drug-likeness (QED) is 0.718. The van der Waals surface area contributed by atoms with Crippen LogP contribution in [0.15, 0.2) is 47.4 Å². The second kappa shape index (κ2) is 8.61. The average molecular weight is 419 g/mol. The van der Waals surface area contributed by atoms with Crippen LogP contribution in [0.4, 0.5) is 0 Å². The lowest BCUT2D eigenvalue weighted by Gasteiger charge is -2.34. The molecule has 2 aliphatic heterocycles. The van der Waals surface area contributed by atoms with Crippen molar-refractivity contribution in [3.8, 4) is 17.2 Å². The smallest absolute Gasteiger partial charge is 0.243 e. The maximum Gasteiger partial charge on any atom is 0.243 e. The highest BCUT2D eigenvalue weighted by Gasteiger charge is 2.29. The van der Waals surface area contributed by atoms with Crippen molar-refractivity contribution in [2.75, 3.05) is 46.0 Å². The number of fused-ring (bicyclic) bond motifs is 1. The van der Waals surface area contributed by atoms with Crippen molar-refractivity contribution in [2.45, 2.75) is 18.4 Å². The number of piperazine rings is 1. The van der Waals surface area contributed by atoms with E-state index in [1.807, 2.05) is 25.1 Å². The molecule has 2 aromatic rings. The van der Waals surface area contributed by atoms with E-state index in [0.29, 0.717) is 63.2 Å². The normalized spacial score (nSPS) is 17.8. The number of rotatable bonds is 6. The summed E-state index contributed by atoms with van der Waals surface area (Å²) < 4.78 is 44.3. The fourth-order valence-corrected chi connectivity index (χ4v) is 5.07. The molecule has 0 unspecified atom stereocenters. The fraction of sp³-hybridized carbons (Fsp3) is 0.429. The monoisotopic (exact) mass is 418 g/mol. The third-order valence-electron chi connectivity index (χ3n) is 5.15. The minimum Gasteiger partial charge on any atom is -0.494 e. The molecule has 0 N–H and O–H groups in total. The Kier molecular flexibility index (Phi) is 5.94. The molecule has 156 valence electrons. The lowest BCUT2D eigenvalue weighted by atomic mass is 10.1. The zero-order valence-electron chi connectivity index (χ0n) is 16.5. The molecule has 0 aromatic heterocycles. The summed E-state index contributed by atoms with van der Waals surface area (Å²) in [5.41, 5.74) is 1.07. The van der Waals surface area contributed by atoms with E-state index in [9.17, 15) is 8.42 Å². The van der Waals surface area contributed by atoms with Gasteiger partial charge in [0.1, 0.15) is 19.0 Å². The molecule has 2 aromatic carbocycles. The Morgan fingerprint density at radius 2 is 1.69 bits per heavy atom. The Morgan fingerprint density at radius 1 is 0.966 bits per heavy atom. The molecule has 0 aliphatic carbocycles. The molecule has 1 saturated heterocycles. The molecular weight excluding hydrogens is 392 g/mol. The van der Waals surface area contributed by atoms with Gasteiger partial charge in [-0.15, -0.1) is 0 Å². The summed E-state index contributed by atoms with van der Waals surface area (Å²) in [6.45, 7) is 6.54. The van der Waals surface area contributed by atoms with Crippen molar-refractivity contribution in [3.05, 3.63) is 48.0 Å². The van der Waals surface area contributed by atoms with Gasteiger partial charge in [-0.3, -0.25) is 4.90 Å². The molecule has 2 aliphatic rings. The van der Waals surface area contributed by atoms with E-state index in [4.69, 9.17) is 14.2 Å². The highest BCUT2D eigenvalue weighted by molar-refractivity contribution is 7.89. The fourth-order valence-electron chi connectivity index (χ4n) is 3.65. The van der Waals surface area contributed by atoms with E-state index in [1.165, 1.54) is 0 Å². The van der Waals surface area contributed by atoms with Gasteiger partial charge in [-0.05, 0) is 37.3 Å². The summed E-state index contributed by atoms with van der Waals surface area (Å²) >= 11 is 0. The standard InChI is InChI=1S/C21H26N2O5S/c1-2-26-18-6-8-19(9-7-18)29(24,25)23-12-10-22(11-13-23)16-17-4-3-5-20-21(17)28-15-14-27-20/h3-9H,2,10-16H2,1H3. The summed E-state index contributed by atoms with van der Waals surface area (Å²) in [4.78, 5) is 2.55. The average Bonchev–Trinajstić information content (AvgIpc) is 2.75. The predicted octanol–water partition coefficient (Wildman–Crippen LogP) is 2.36. The van der Waals surface area contributed by atoms with Crippen molar-refractivity contribution in [3.63, 3.8) is 0 Å². The van der Waals surface area contributed by atoms with Crippen LogP contribution in [0.25, 0.3) is 0 Å². The zero-order valence-corrected chi connectivity index (χ0v) is 17.4. The van der Waals surface area contributed by atoms with Crippen LogP contribution < -0.4 is 14.2 Å². The van der Waals surface area contributed by atoms with Crippen LogP contribution in [-0.2, 0) is 16.6 Å². The van der Waals surface area contributed by atoms with Crippen molar-refractivity contribution in [1.82, 2.24) is 9.21 Å². The molecule has 7 nitrogen and oxygen atoms in total. The lowest BCUT2D eigenvalue weighted by molar-refractivity contribution is 0.158. The van der Waals surface area contributed by atoms with E-state index in [1.54, 1.807) is 28.6 Å². The molecule has 0 atom stereocenters. The van der Waals surface area contributed by atoms with Gasteiger partial charge in [-0.1, -0.05) is 12.1 Å². The molecule has 4 rings (SSSR count). The number of hydrogen-bond donors (Lipinski definition) is 0. The van der Waals surface area contributed by atoms with Gasteiger partial charge in [-0.25, -0.2) is 8.42 Å². The van der Waals surface area contributed by atoms with Gasteiger partial charge in [0, 0.05) is 38.3 Å². The first kappa shape index (κ1) is 20.0. The lowest BCUT2D eigenvalue weighted by Crippen LogP contribution is -2.48. The number of para-hydroxylation sites is 1. The summed E-state index contributed by atoms with van der Waals surface area (Å²) in [6, 6.07) is 12.5. The third-order valence-corrected chi connectivity index (χ3v) is 7.06. The maximum atomic E-state index is 12.9. The minimum absolute atomic E-state index is 0.303. The summed E-state index contributed by atoms with van der Waals surface area (Å²) in [7, 11) is -3.50. The molecule has 0 radical (unpaired) electrons. The summed E-state index contributed by atoms with van der Waals surface area (Å²) in [5, 5.41) is 0. The van der Waals surface area contributed by atoms with Gasteiger partial charge in [0.05, 0.1) is 11.5 Å². The molecule has 0 spiro atoms. The van der Waals surface area contributed by atoms with Crippen LogP contribution >= 0.6 is 0 Å². The van der Waals surface area contributed by atoms with Gasteiger partial charge in [-0.2, -0.15) is 4.31 Å². The highest BCUT2D eigenvalue weighted by Crippen LogP contribution is 2.34. The third kappa shape index (κ3) is 4.34. The van der Waals surface area contributed by atoms with Crippen LogP contribution in [0.1, 0.15) is 12.5 Å². The van der Waals surface area contributed by atoms with E-state index in [-0.39, 0.29) is 0 Å². The molecule has 0 saturated carbocycles. The predicted molar refractivity (Wildman–Crippen MR) is 109 cm³/mol. The SMILES string of the molecule is CCOc1ccc(S(=O)(=O)N2CCN(Cc3cccc4c3OCCO4)CC2)cc1. The van der Waals surface area contributed by atoms with Crippen molar-refractivity contribution < 1.29 is 22.6 Å². The van der Waals surface area contributed by atoms with Crippen LogP contribution in [-0.4, -0.2) is 63.6 Å². The number of ether oxygens (including phenoxy) is 3. The Bertz CT molecular complexity index is 938. The van der Waals surface area contributed by atoms with Crippen molar-refractivity contribution in [2.24, 2.45) is 0 Å². The first-order chi connectivity index (χ1) is 14.1. The Balaban J connectivity index is 1.39. The van der Waals surface area contributed by atoms with E-state index >= 15 is 0 Å². The topological polar surface area (TPSA) is 68.3 Å². The van der Waals surface area contributed by atoms with Crippen molar-refractivity contribution >= 4 is 10.0 Å². The van der Waals surface area contributed by atoms with Gasteiger partial charge in [0.25, 0.3) is 0 Å². The molecule has 29 heavy (non-hydrogen) atoms. The van der Waals surface area contributed by atoms with Crippen LogP contribution in [0.2, 0.25) is 0 Å². The zero-order chi connectivity index (χ0) is 20.3. The second-order valence-electron chi connectivity index (χ2n) is 7.03. The Morgan fingerprint density at radius 3 is 2.41 bits per heavy atom. The molecule has 8 heteroatoms. The van der Waals surface area contributed by atoms with Crippen LogP contribution in [0.3, 0.4) is 0 Å². The Hall–Kier alpha value is -2.29. The molecule has 2 heterocycles. The number of benzene rings is 2. The number of sulfonamides is 1. The van der Waals surface area contributed by atoms with E-state index in [2.05, 4.69) is 4.90 Å². The molecule has 1 fully saturated rings. The largest absolute Gasteiger partial charge is 0.494 e. The van der Waals surface area contributed by atoms with Crippen LogP contribution in [0.5, 0.6) is 17.2 Å². The first-order valence-electron chi connectivity index (χ1n) is 9.91. The van der Waals surface area contributed by atoms with Gasteiger partial charge in [0.2, 0.25) is 10.0 Å². The van der Waals surface area contributed by atoms with Crippen molar-refractivity contribution in [1.29, 1.82) is 0 Å². The second-order valence-corrected chi connectivity index (χ2v) is 8.96. The van der Waals surface area contributed by atoms with E-state index in [0.717, 1.165) is 17.1 Å². The maximum absolute atomic E-state index is 12.9. The summed E-state index contributed by atoms with van der Waals surface area (Å²) in [6.07, 6.45) is 0. The van der Waals surface area contributed by atoms with E-state index < -0.39 is 10.0 Å². The molecule has 0 bridgehead atoms. The summed E-state index contributed by atoms with van der Waals surface area (Å²) in [5.74, 6) is 2.27. The number of nitrogens with zero attached hydrogens (tertiary/aromatic N) is 2. The minimum atomic E-state index is -3.50. The van der Waals surface area contributed by atoms with Gasteiger partial charge < -0.3 is 14.2 Å². The van der Waals surface area contributed by atoms with Gasteiger partial charge >= 0.3 is 0 Å². The molecular formula is C21H26N2O5S.